The van der Waals surface area contributed by atoms with Gasteiger partial charge in [-0.05, 0) is 49.1 Å². The summed E-state index contributed by atoms with van der Waals surface area (Å²) in [5, 5.41) is 5.77. The first-order chi connectivity index (χ1) is 11.9. The normalized spacial score (nSPS) is 11.9. The van der Waals surface area contributed by atoms with Crippen LogP contribution in [-0.2, 0) is 11.2 Å². The molecule has 2 aromatic carbocycles. The molecule has 1 unspecified atom stereocenters. The summed E-state index contributed by atoms with van der Waals surface area (Å²) in [4.78, 5) is 25.1. The lowest BCUT2D eigenvalue weighted by atomic mass is 10.0. The predicted octanol–water partition coefficient (Wildman–Crippen LogP) is 3.95. The molecule has 0 aliphatic rings. The van der Waals surface area contributed by atoms with Crippen LogP contribution in [0.4, 0.5) is 5.69 Å². The maximum Gasteiger partial charge on any atom is 0.251 e. The summed E-state index contributed by atoms with van der Waals surface area (Å²) in [7, 11) is 0. The van der Waals surface area contributed by atoms with Crippen LogP contribution < -0.4 is 10.6 Å². The second kappa shape index (κ2) is 8.47. The van der Waals surface area contributed by atoms with Crippen LogP contribution in [0.3, 0.4) is 0 Å². The van der Waals surface area contributed by atoms with Gasteiger partial charge in [-0.25, -0.2) is 0 Å². The average molecular weight is 338 g/mol. The Hall–Kier alpha value is -2.62. The fraction of sp³-hybridized carbons (Fsp3) is 0.333. The van der Waals surface area contributed by atoms with Gasteiger partial charge in [0.05, 0.1) is 0 Å². The van der Waals surface area contributed by atoms with Crippen molar-refractivity contribution in [1.29, 1.82) is 0 Å². The Balaban J connectivity index is 2.11. The van der Waals surface area contributed by atoms with E-state index in [-0.39, 0.29) is 17.7 Å². The first-order valence-electron chi connectivity index (χ1n) is 8.68. The number of carbonyl (C=O) groups excluding carboxylic acids is 2. The van der Waals surface area contributed by atoms with Crippen LogP contribution >= 0.6 is 0 Å². The molecule has 0 spiro atoms. The van der Waals surface area contributed by atoms with E-state index in [0.717, 1.165) is 23.2 Å². The first-order valence-corrected chi connectivity index (χ1v) is 8.68. The van der Waals surface area contributed by atoms with Gasteiger partial charge >= 0.3 is 0 Å². The van der Waals surface area contributed by atoms with Crippen LogP contribution in [0.15, 0.2) is 48.5 Å². The Morgan fingerprint density at radius 2 is 1.76 bits per heavy atom. The number of amides is 2. The highest BCUT2D eigenvalue weighted by Crippen LogP contribution is 2.14. The molecule has 0 aliphatic heterocycles. The van der Waals surface area contributed by atoms with Crippen LogP contribution in [-0.4, -0.2) is 17.9 Å². The molecular formula is C21H26N2O2. The van der Waals surface area contributed by atoms with Gasteiger partial charge in [0.2, 0.25) is 5.91 Å². The van der Waals surface area contributed by atoms with E-state index in [1.807, 2.05) is 63.2 Å². The van der Waals surface area contributed by atoms with E-state index in [9.17, 15) is 9.59 Å². The molecular weight excluding hydrogens is 312 g/mol. The minimum Gasteiger partial charge on any atom is -0.340 e. The first kappa shape index (κ1) is 18.7. The summed E-state index contributed by atoms with van der Waals surface area (Å²) >= 11 is 0. The van der Waals surface area contributed by atoms with Gasteiger partial charge in [0.15, 0.2) is 0 Å². The summed E-state index contributed by atoms with van der Waals surface area (Å²) in [5.74, 6) is -0.466. The number of aryl methyl sites for hydroxylation is 2. The Kier molecular flexibility index (Phi) is 6.34. The highest BCUT2D eigenvalue weighted by molar-refractivity contribution is 6.01. The molecule has 0 saturated carbocycles. The monoisotopic (exact) mass is 338 g/mol. The second-order valence-corrected chi connectivity index (χ2v) is 6.61. The topological polar surface area (TPSA) is 58.2 Å². The third-order valence-corrected chi connectivity index (χ3v) is 4.12. The third kappa shape index (κ3) is 5.18. The molecule has 25 heavy (non-hydrogen) atoms. The van der Waals surface area contributed by atoms with E-state index in [1.165, 1.54) is 0 Å². The number of benzene rings is 2. The summed E-state index contributed by atoms with van der Waals surface area (Å²) < 4.78 is 0. The number of hydrogen-bond donors (Lipinski definition) is 2. The molecule has 0 fully saturated rings. The van der Waals surface area contributed by atoms with Crippen molar-refractivity contribution < 1.29 is 9.59 Å². The largest absolute Gasteiger partial charge is 0.340 e. The average Bonchev–Trinajstić information content (AvgIpc) is 2.59. The van der Waals surface area contributed by atoms with Gasteiger partial charge in [-0.1, -0.05) is 50.6 Å². The minimum absolute atomic E-state index is 0.0249. The molecule has 2 N–H and O–H groups in total. The second-order valence-electron chi connectivity index (χ2n) is 6.61. The van der Waals surface area contributed by atoms with Gasteiger partial charge in [0, 0.05) is 11.3 Å². The van der Waals surface area contributed by atoms with Crippen LogP contribution in [0, 0.1) is 12.8 Å². The molecule has 0 bridgehead atoms. The highest BCUT2D eigenvalue weighted by Gasteiger charge is 2.24. The Bertz CT molecular complexity index is 753. The van der Waals surface area contributed by atoms with Crippen LogP contribution in [0.1, 0.15) is 42.3 Å². The zero-order valence-corrected chi connectivity index (χ0v) is 15.3. The number of rotatable bonds is 6. The number of nitrogens with one attached hydrogen (secondary N) is 2. The standard InChI is InChI=1S/C21H26N2O2/c1-5-16-9-7-11-18(13-16)22-21(25)19(14(2)3)23-20(24)17-10-6-8-15(4)12-17/h6-14,19H,5H2,1-4H3,(H,22,25)(H,23,24). The van der Waals surface area contributed by atoms with Crippen molar-refractivity contribution in [3.8, 4) is 0 Å². The molecule has 4 nitrogen and oxygen atoms in total. The molecule has 0 radical (unpaired) electrons. The Labute approximate surface area is 149 Å². The lowest BCUT2D eigenvalue weighted by Gasteiger charge is -2.22. The number of anilines is 1. The molecule has 1 atom stereocenters. The van der Waals surface area contributed by atoms with Gasteiger partial charge in [0.1, 0.15) is 6.04 Å². The van der Waals surface area contributed by atoms with Crippen molar-refractivity contribution in [3.05, 3.63) is 65.2 Å². The molecule has 0 heterocycles. The van der Waals surface area contributed by atoms with E-state index in [1.54, 1.807) is 6.07 Å². The summed E-state index contributed by atoms with van der Waals surface area (Å²) in [6.45, 7) is 7.84. The molecule has 2 amide bonds. The van der Waals surface area contributed by atoms with Gasteiger partial charge in [-0.15, -0.1) is 0 Å². The summed E-state index contributed by atoms with van der Waals surface area (Å²) in [6.07, 6.45) is 0.904. The van der Waals surface area contributed by atoms with E-state index in [0.29, 0.717) is 5.56 Å². The quantitative estimate of drug-likeness (QED) is 0.838. The Morgan fingerprint density at radius 1 is 1.04 bits per heavy atom. The molecule has 0 aliphatic carbocycles. The zero-order valence-electron chi connectivity index (χ0n) is 15.3. The predicted molar refractivity (Wildman–Crippen MR) is 102 cm³/mol. The maximum atomic E-state index is 12.7. The van der Waals surface area contributed by atoms with Gasteiger partial charge in [-0.2, -0.15) is 0 Å². The fourth-order valence-electron chi connectivity index (χ4n) is 2.63. The summed E-state index contributed by atoms with van der Waals surface area (Å²) in [6, 6.07) is 14.5. The van der Waals surface area contributed by atoms with Crippen molar-refractivity contribution in [1.82, 2.24) is 5.32 Å². The van der Waals surface area contributed by atoms with Gasteiger partial charge < -0.3 is 10.6 Å². The van der Waals surface area contributed by atoms with Crippen molar-refractivity contribution in [2.75, 3.05) is 5.32 Å². The number of hydrogen-bond acceptors (Lipinski definition) is 2. The third-order valence-electron chi connectivity index (χ3n) is 4.12. The fourth-order valence-corrected chi connectivity index (χ4v) is 2.63. The summed E-state index contributed by atoms with van der Waals surface area (Å²) in [5.41, 5.74) is 3.48. The van der Waals surface area contributed by atoms with E-state index >= 15 is 0 Å². The molecule has 132 valence electrons. The smallest absolute Gasteiger partial charge is 0.251 e. The van der Waals surface area contributed by atoms with E-state index in [4.69, 9.17) is 0 Å². The van der Waals surface area contributed by atoms with Crippen LogP contribution in [0.5, 0.6) is 0 Å². The molecule has 2 rings (SSSR count). The maximum absolute atomic E-state index is 12.7. The van der Waals surface area contributed by atoms with Gasteiger partial charge in [0.25, 0.3) is 5.91 Å². The SMILES string of the molecule is CCc1cccc(NC(=O)C(NC(=O)c2cccc(C)c2)C(C)C)c1. The molecule has 2 aromatic rings. The van der Waals surface area contributed by atoms with Crippen molar-refractivity contribution >= 4 is 17.5 Å². The lowest BCUT2D eigenvalue weighted by Crippen LogP contribution is -2.47. The highest BCUT2D eigenvalue weighted by atomic mass is 16.2. The minimum atomic E-state index is -0.599. The molecule has 0 aromatic heterocycles. The molecule has 0 saturated heterocycles. The van der Waals surface area contributed by atoms with E-state index < -0.39 is 6.04 Å². The van der Waals surface area contributed by atoms with Crippen molar-refractivity contribution in [2.24, 2.45) is 5.92 Å². The van der Waals surface area contributed by atoms with Gasteiger partial charge in [-0.3, -0.25) is 9.59 Å². The van der Waals surface area contributed by atoms with Crippen molar-refractivity contribution in [3.63, 3.8) is 0 Å². The Morgan fingerprint density at radius 3 is 2.40 bits per heavy atom. The van der Waals surface area contributed by atoms with Crippen LogP contribution in [0.2, 0.25) is 0 Å². The van der Waals surface area contributed by atoms with Crippen LogP contribution in [0.25, 0.3) is 0 Å². The number of carbonyl (C=O) groups is 2. The van der Waals surface area contributed by atoms with E-state index in [2.05, 4.69) is 17.6 Å². The molecule has 4 heteroatoms. The zero-order chi connectivity index (χ0) is 18.4. The van der Waals surface area contributed by atoms with Crippen molar-refractivity contribution in [2.45, 2.75) is 40.2 Å². The lowest BCUT2D eigenvalue weighted by molar-refractivity contribution is -0.118.